The summed E-state index contributed by atoms with van der Waals surface area (Å²) in [6.45, 7) is 2.46. The number of carbonyl (C=O) groups is 1. The summed E-state index contributed by atoms with van der Waals surface area (Å²) in [6, 6.07) is 1.84. The van der Waals surface area contributed by atoms with Crippen molar-refractivity contribution in [3.8, 4) is 5.75 Å². The molecule has 1 amide bonds. The first-order chi connectivity index (χ1) is 10.1. The van der Waals surface area contributed by atoms with E-state index in [4.69, 9.17) is 7.85 Å². The molecule has 1 atom stereocenters. The maximum Gasteiger partial charge on any atom is 0.219 e. The van der Waals surface area contributed by atoms with E-state index in [1.165, 1.54) is 5.56 Å². The third-order valence-electron chi connectivity index (χ3n) is 4.23. The highest BCUT2D eigenvalue weighted by Crippen LogP contribution is 2.40. The second-order valence-electron chi connectivity index (χ2n) is 5.57. The lowest BCUT2D eigenvalue weighted by Crippen LogP contribution is -2.24. The Balaban J connectivity index is 2.17. The fraction of sp³-hybridized carbons (Fsp3) is 0.562. The monoisotopic (exact) mass is 287 g/mol. The quantitative estimate of drug-likeness (QED) is 0.673. The van der Waals surface area contributed by atoms with Crippen LogP contribution in [0, 0.1) is 0 Å². The number of phenols is 1. The summed E-state index contributed by atoms with van der Waals surface area (Å²) in [4.78, 5) is 11.3. The molecule has 0 aliphatic heterocycles. The number of aliphatic hydroxyl groups excluding tert-OH is 1. The number of phenolic OH excluding ortho intramolecular Hbond substituents is 1. The molecule has 1 unspecified atom stereocenters. The van der Waals surface area contributed by atoms with Gasteiger partial charge in [0.1, 0.15) is 13.6 Å². The molecule has 1 aliphatic rings. The second kappa shape index (κ2) is 6.99. The summed E-state index contributed by atoms with van der Waals surface area (Å²) < 4.78 is 0. The molecule has 0 heterocycles. The van der Waals surface area contributed by atoms with Gasteiger partial charge in [-0.15, -0.1) is 0 Å². The third kappa shape index (κ3) is 3.40. The van der Waals surface area contributed by atoms with Gasteiger partial charge in [0.2, 0.25) is 5.91 Å². The Kier molecular flexibility index (Phi) is 5.29. The number of fused-ring (bicyclic) bond motifs is 1. The molecule has 0 spiro atoms. The number of nitrogens with one attached hydrogen (secondary N) is 1. The Morgan fingerprint density at radius 2 is 2.29 bits per heavy atom. The van der Waals surface area contributed by atoms with Crippen molar-refractivity contribution in [2.75, 3.05) is 13.2 Å². The van der Waals surface area contributed by atoms with E-state index in [2.05, 4.69) is 5.32 Å². The number of aryl methyl sites for hydroxylation is 1. The van der Waals surface area contributed by atoms with Crippen molar-refractivity contribution in [1.29, 1.82) is 0 Å². The lowest BCUT2D eigenvalue weighted by Gasteiger charge is -2.18. The maximum absolute atomic E-state index is 11.3. The van der Waals surface area contributed by atoms with Crippen LogP contribution in [0.15, 0.2) is 6.07 Å². The summed E-state index contributed by atoms with van der Waals surface area (Å²) in [5.41, 5.74) is 3.45. The van der Waals surface area contributed by atoms with E-state index >= 15 is 0 Å². The van der Waals surface area contributed by atoms with Crippen LogP contribution in [0.4, 0.5) is 0 Å². The average molecular weight is 287 g/mol. The summed E-state index contributed by atoms with van der Waals surface area (Å²) >= 11 is 0. The van der Waals surface area contributed by atoms with E-state index in [1.54, 1.807) is 0 Å². The van der Waals surface area contributed by atoms with Gasteiger partial charge in [-0.2, -0.15) is 0 Å². The Morgan fingerprint density at radius 3 is 2.95 bits per heavy atom. The molecule has 0 bridgehead atoms. The fourth-order valence-electron chi connectivity index (χ4n) is 3.18. The number of carbonyl (C=O) groups excluding carboxylic acids is 1. The van der Waals surface area contributed by atoms with Crippen molar-refractivity contribution in [2.45, 2.75) is 44.9 Å². The molecular weight excluding hydrogens is 265 g/mol. The van der Waals surface area contributed by atoms with Crippen molar-refractivity contribution in [3.05, 3.63) is 22.8 Å². The van der Waals surface area contributed by atoms with E-state index in [9.17, 15) is 15.0 Å². The number of hydrogen-bond donors (Lipinski definition) is 3. The smallest absolute Gasteiger partial charge is 0.219 e. The van der Waals surface area contributed by atoms with Gasteiger partial charge in [-0.3, -0.25) is 4.79 Å². The lowest BCUT2D eigenvalue weighted by atomic mass is 9.84. The zero-order valence-corrected chi connectivity index (χ0v) is 12.5. The molecule has 2 rings (SSSR count). The normalized spacial score (nSPS) is 16.8. The Hall–Kier alpha value is -1.49. The molecule has 1 aromatic carbocycles. The molecule has 0 aromatic heterocycles. The number of hydrogen-bond acceptors (Lipinski definition) is 3. The molecule has 3 N–H and O–H groups in total. The number of aliphatic hydroxyl groups is 1. The van der Waals surface area contributed by atoms with Gasteiger partial charge in [0.05, 0.1) is 0 Å². The highest BCUT2D eigenvalue weighted by atomic mass is 16.3. The Bertz CT molecular complexity index is 531. The topological polar surface area (TPSA) is 69.6 Å². The third-order valence-corrected chi connectivity index (χ3v) is 4.23. The first-order valence-corrected chi connectivity index (χ1v) is 7.59. The molecule has 1 aromatic rings. The first kappa shape index (κ1) is 15.9. The molecule has 112 valence electrons. The minimum absolute atomic E-state index is 0.0112. The van der Waals surface area contributed by atoms with Crippen LogP contribution in [0.2, 0.25) is 0 Å². The van der Waals surface area contributed by atoms with Gasteiger partial charge < -0.3 is 15.5 Å². The SMILES string of the molecule is [B]c1cc2c(c(CCO)c1O)C(CCNC(=O)CC)CC2. The van der Waals surface area contributed by atoms with Crippen molar-refractivity contribution in [2.24, 2.45) is 0 Å². The fourth-order valence-corrected chi connectivity index (χ4v) is 3.18. The summed E-state index contributed by atoms with van der Waals surface area (Å²) in [5.74, 6) is 0.474. The zero-order valence-electron chi connectivity index (χ0n) is 12.5. The first-order valence-electron chi connectivity index (χ1n) is 7.59. The van der Waals surface area contributed by atoms with Crippen molar-refractivity contribution in [3.63, 3.8) is 0 Å². The highest BCUT2D eigenvalue weighted by Gasteiger charge is 2.27. The summed E-state index contributed by atoms with van der Waals surface area (Å²) in [5, 5.41) is 22.3. The van der Waals surface area contributed by atoms with Crippen LogP contribution >= 0.6 is 0 Å². The molecule has 21 heavy (non-hydrogen) atoms. The van der Waals surface area contributed by atoms with Crippen LogP contribution in [-0.4, -0.2) is 37.1 Å². The molecule has 0 saturated heterocycles. The minimum Gasteiger partial charge on any atom is -0.508 e. The van der Waals surface area contributed by atoms with Crippen LogP contribution in [0.5, 0.6) is 5.75 Å². The molecule has 1 aliphatic carbocycles. The van der Waals surface area contributed by atoms with Gasteiger partial charge in [-0.05, 0) is 48.3 Å². The van der Waals surface area contributed by atoms with E-state index in [-0.39, 0.29) is 18.3 Å². The number of aromatic hydroxyl groups is 1. The average Bonchev–Trinajstić information content (AvgIpc) is 2.86. The summed E-state index contributed by atoms with van der Waals surface area (Å²) in [7, 11) is 5.84. The largest absolute Gasteiger partial charge is 0.508 e. The van der Waals surface area contributed by atoms with E-state index < -0.39 is 0 Å². The second-order valence-corrected chi connectivity index (χ2v) is 5.57. The Labute approximate surface area is 127 Å². The van der Waals surface area contributed by atoms with Gasteiger partial charge in [0.25, 0.3) is 0 Å². The molecule has 4 nitrogen and oxygen atoms in total. The number of rotatable bonds is 6. The minimum atomic E-state index is -0.0112. The lowest BCUT2D eigenvalue weighted by molar-refractivity contribution is -0.120. The number of benzene rings is 1. The molecule has 0 saturated carbocycles. The molecule has 2 radical (unpaired) electrons. The maximum atomic E-state index is 11.3. The van der Waals surface area contributed by atoms with E-state index in [1.807, 2.05) is 13.0 Å². The van der Waals surface area contributed by atoms with Crippen LogP contribution in [0.25, 0.3) is 0 Å². The van der Waals surface area contributed by atoms with Gasteiger partial charge >= 0.3 is 0 Å². The van der Waals surface area contributed by atoms with Crippen LogP contribution in [0.1, 0.15) is 48.8 Å². The highest BCUT2D eigenvalue weighted by molar-refractivity contribution is 6.34. The standard InChI is InChI=1S/C16H22BNO3/c1-2-14(20)18-7-5-10-3-4-11-9-13(17)16(21)12(6-8-19)15(10)11/h9-10,19,21H,2-8H2,1H3,(H,18,20). The van der Waals surface area contributed by atoms with Gasteiger partial charge in [0, 0.05) is 19.6 Å². The van der Waals surface area contributed by atoms with Crippen LogP contribution < -0.4 is 10.8 Å². The van der Waals surface area contributed by atoms with E-state index in [0.717, 1.165) is 30.4 Å². The number of amides is 1. The van der Waals surface area contributed by atoms with Crippen LogP contribution in [0.3, 0.4) is 0 Å². The van der Waals surface area contributed by atoms with Crippen molar-refractivity contribution >= 4 is 19.2 Å². The van der Waals surface area contributed by atoms with Gasteiger partial charge in [-0.25, -0.2) is 0 Å². The molecule has 5 heteroatoms. The van der Waals surface area contributed by atoms with Crippen molar-refractivity contribution in [1.82, 2.24) is 5.32 Å². The van der Waals surface area contributed by atoms with Gasteiger partial charge in [-0.1, -0.05) is 18.5 Å². The van der Waals surface area contributed by atoms with E-state index in [0.29, 0.717) is 30.8 Å². The van der Waals surface area contributed by atoms with Crippen molar-refractivity contribution < 1.29 is 15.0 Å². The zero-order chi connectivity index (χ0) is 15.4. The predicted octanol–water partition coefficient (Wildman–Crippen LogP) is 0.667. The molecular formula is C16H22BNO3. The molecule has 0 fully saturated rings. The van der Waals surface area contributed by atoms with Crippen LogP contribution in [-0.2, 0) is 17.6 Å². The van der Waals surface area contributed by atoms with Gasteiger partial charge in [0.15, 0.2) is 0 Å². The Morgan fingerprint density at radius 1 is 1.52 bits per heavy atom. The summed E-state index contributed by atoms with van der Waals surface area (Å²) in [6.07, 6.45) is 3.69. The predicted molar refractivity (Wildman–Crippen MR) is 83.3 cm³/mol.